The van der Waals surface area contributed by atoms with Crippen LogP contribution in [-0.2, 0) is 0 Å². The second kappa shape index (κ2) is 6.66. The van der Waals surface area contributed by atoms with Gasteiger partial charge in [-0.1, -0.05) is 38.0 Å². The maximum atomic E-state index is 5.84. The van der Waals surface area contributed by atoms with Gasteiger partial charge in [-0.25, -0.2) is 0 Å². The molecule has 2 N–H and O–H groups in total. The fraction of sp³-hybridized carbons (Fsp3) is 0.368. The van der Waals surface area contributed by atoms with Crippen molar-refractivity contribution in [1.29, 1.82) is 0 Å². The molecule has 0 saturated carbocycles. The van der Waals surface area contributed by atoms with Crippen LogP contribution < -0.4 is 10.6 Å². The first-order valence-electron chi connectivity index (χ1n) is 7.75. The summed E-state index contributed by atoms with van der Waals surface area (Å²) in [5, 5.41) is 0. The van der Waals surface area contributed by atoms with Gasteiger partial charge in [-0.05, 0) is 56.7 Å². The van der Waals surface area contributed by atoms with Gasteiger partial charge in [-0.3, -0.25) is 0 Å². The summed E-state index contributed by atoms with van der Waals surface area (Å²) in [6.07, 6.45) is 3.60. The number of benzene rings is 2. The molecule has 2 aromatic carbocycles. The summed E-state index contributed by atoms with van der Waals surface area (Å²) in [5.74, 6) is 0. The lowest BCUT2D eigenvalue weighted by Crippen LogP contribution is -2.40. The quantitative estimate of drug-likeness (QED) is 0.721. The van der Waals surface area contributed by atoms with Gasteiger partial charge in [0.05, 0.1) is 0 Å². The Morgan fingerprint density at radius 3 is 2.05 bits per heavy atom. The predicted molar refractivity (Wildman–Crippen MR) is 93.0 cm³/mol. The van der Waals surface area contributed by atoms with Crippen LogP contribution in [0.25, 0.3) is 0 Å². The van der Waals surface area contributed by atoms with Crippen molar-refractivity contribution in [1.82, 2.24) is 0 Å². The number of nitrogens with zero attached hydrogens (tertiary/aromatic N) is 1. The Balaban J connectivity index is 2.42. The molecule has 2 rings (SSSR count). The number of hydrogen-bond acceptors (Lipinski definition) is 2. The van der Waals surface area contributed by atoms with Crippen LogP contribution in [0.15, 0.2) is 54.6 Å². The first-order chi connectivity index (χ1) is 10.0. The summed E-state index contributed by atoms with van der Waals surface area (Å²) in [4.78, 5) is 2.42. The molecular weight excluding hydrogens is 256 g/mol. The van der Waals surface area contributed by atoms with Crippen molar-refractivity contribution in [3.8, 4) is 0 Å². The molecule has 21 heavy (non-hydrogen) atoms. The first kappa shape index (κ1) is 15.4. The molecule has 0 radical (unpaired) electrons. The lowest BCUT2D eigenvalue weighted by Gasteiger charge is -2.41. The summed E-state index contributed by atoms with van der Waals surface area (Å²) in [7, 11) is 0. The van der Waals surface area contributed by atoms with Crippen molar-refractivity contribution in [2.24, 2.45) is 0 Å². The van der Waals surface area contributed by atoms with E-state index in [1.54, 1.807) is 0 Å². The maximum absolute atomic E-state index is 5.84. The van der Waals surface area contributed by atoms with Gasteiger partial charge in [-0.2, -0.15) is 0 Å². The van der Waals surface area contributed by atoms with Crippen LogP contribution in [0.5, 0.6) is 0 Å². The second-order valence-corrected chi connectivity index (χ2v) is 6.18. The SMILES string of the molecule is CCCCC(C)(C)N(c1ccccc1)c1ccc(N)cc1. The van der Waals surface area contributed by atoms with E-state index in [4.69, 9.17) is 5.73 Å². The zero-order chi connectivity index (χ0) is 15.3. The molecule has 0 atom stereocenters. The van der Waals surface area contributed by atoms with E-state index in [2.05, 4.69) is 68.1 Å². The molecule has 0 heterocycles. The second-order valence-electron chi connectivity index (χ2n) is 6.18. The van der Waals surface area contributed by atoms with Crippen LogP contribution in [-0.4, -0.2) is 5.54 Å². The molecule has 0 amide bonds. The maximum Gasteiger partial charge on any atom is 0.0417 e. The molecule has 0 fully saturated rings. The van der Waals surface area contributed by atoms with Gasteiger partial charge < -0.3 is 10.6 Å². The lowest BCUT2D eigenvalue weighted by molar-refractivity contribution is 0.446. The van der Waals surface area contributed by atoms with Crippen LogP contribution in [0, 0.1) is 0 Å². The minimum atomic E-state index is 0.0630. The van der Waals surface area contributed by atoms with Crippen molar-refractivity contribution in [2.75, 3.05) is 10.6 Å². The van der Waals surface area contributed by atoms with Gasteiger partial charge in [0.1, 0.15) is 0 Å². The predicted octanol–water partition coefficient (Wildman–Crippen LogP) is 5.38. The van der Waals surface area contributed by atoms with Gasteiger partial charge in [0, 0.05) is 22.6 Å². The highest BCUT2D eigenvalue weighted by atomic mass is 15.2. The summed E-state index contributed by atoms with van der Waals surface area (Å²) in [5.41, 5.74) is 9.12. The number of hydrogen-bond donors (Lipinski definition) is 1. The van der Waals surface area contributed by atoms with Crippen LogP contribution >= 0.6 is 0 Å². The normalized spacial score (nSPS) is 11.4. The van der Waals surface area contributed by atoms with Crippen LogP contribution in [0.2, 0.25) is 0 Å². The molecule has 0 aliphatic carbocycles. The topological polar surface area (TPSA) is 29.3 Å². The highest BCUT2D eigenvalue weighted by Crippen LogP contribution is 2.36. The van der Waals surface area contributed by atoms with Crippen LogP contribution in [0.3, 0.4) is 0 Å². The van der Waals surface area contributed by atoms with E-state index in [1.165, 1.54) is 24.2 Å². The van der Waals surface area contributed by atoms with Gasteiger partial charge in [0.15, 0.2) is 0 Å². The van der Waals surface area contributed by atoms with Crippen LogP contribution in [0.4, 0.5) is 17.1 Å². The molecule has 0 aromatic heterocycles. The zero-order valence-electron chi connectivity index (χ0n) is 13.3. The Kier molecular flexibility index (Phi) is 4.89. The largest absolute Gasteiger partial charge is 0.399 e. The highest BCUT2D eigenvalue weighted by Gasteiger charge is 2.27. The average Bonchev–Trinajstić information content (AvgIpc) is 2.48. The number of unbranched alkanes of at least 4 members (excludes halogenated alkanes) is 1. The van der Waals surface area contributed by atoms with Gasteiger partial charge in [-0.15, -0.1) is 0 Å². The third-order valence-electron chi connectivity index (χ3n) is 3.91. The summed E-state index contributed by atoms with van der Waals surface area (Å²) < 4.78 is 0. The minimum Gasteiger partial charge on any atom is -0.399 e. The smallest absolute Gasteiger partial charge is 0.0417 e. The number of nitrogen functional groups attached to an aromatic ring is 1. The lowest BCUT2D eigenvalue weighted by atomic mass is 9.93. The van der Waals surface area contributed by atoms with E-state index in [0.29, 0.717) is 0 Å². The van der Waals surface area contributed by atoms with Gasteiger partial charge in [0.25, 0.3) is 0 Å². The third kappa shape index (κ3) is 3.78. The Morgan fingerprint density at radius 1 is 0.905 bits per heavy atom. The van der Waals surface area contributed by atoms with E-state index >= 15 is 0 Å². The monoisotopic (exact) mass is 282 g/mol. The molecule has 0 aliphatic rings. The van der Waals surface area contributed by atoms with E-state index < -0.39 is 0 Å². The van der Waals surface area contributed by atoms with E-state index in [1.807, 2.05) is 12.1 Å². The Labute approximate surface area is 128 Å². The van der Waals surface area contributed by atoms with Crippen molar-refractivity contribution in [2.45, 2.75) is 45.6 Å². The first-order valence-corrected chi connectivity index (χ1v) is 7.75. The Morgan fingerprint density at radius 2 is 1.48 bits per heavy atom. The fourth-order valence-electron chi connectivity index (χ4n) is 2.77. The zero-order valence-corrected chi connectivity index (χ0v) is 13.3. The van der Waals surface area contributed by atoms with E-state index in [-0.39, 0.29) is 5.54 Å². The standard InChI is InChI=1S/C19H26N2/c1-4-5-15-19(2,3)21(17-9-7-6-8-10-17)18-13-11-16(20)12-14-18/h6-14H,4-5,15,20H2,1-3H3. The molecule has 2 nitrogen and oxygen atoms in total. The molecule has 0 unspecified atom stereocenters. The molecule has 2 heteroatoms. The van der Waals surface area contributed by atoms with Crippen molar-refractivity contribution < 1.29 is 0 Å². The molecule has 0 spiro atoms. The molecule has 2 aromatic rings. The summed E-state index contributed by atoms with van der Waals surface area (Å²) in [6.45, 7) is 6.87. The van der Waals surface area contributed by atoms with E-state index in [9.17, 15) is 0 Å². The summed E-state index contributed by atoms with van der Waals surface area (Å²) in [6, 6.07) is 18.7. The third-order valence-corrected chi connectivity index (χ3v) is 3.91. The van der Waals surface area contributed by atoms with Crippen molar-refractivity contribution in [3.63, 3.8) is 0 Å². The molecule has 0 aliphatic heterocycles. The summed E-state index contributed by atoms with van der Waals surface area (Å²) >= 11 is 0. The highest BCUT2D eigenvalue weighted by molar-refractivity contribution is 5.67. The molecule has 0 bridgehead atoms. The minimum absolute atomic E-state index is 0.0630. The van der Waals surface area contributed by atoms with Crippen molar-refractivity contribution >= 4 is 17.1 Å². The van der Waals surface area contributed by atoms with Crippen LogP contribution in [0.1, 0.15) is 40.0 Å². The molecule has 0 saturated heterocycles. The van der Waals surface area contributed by atoms with Gasteiger partial charge in [0.2, 0.25) is 0 Å². The van der Waals surface area contributed by atoms with E-state index in [0.717, 1.165) is 12.1 Å². The average molecular weight is 282 g/mol. The Hall–Kier alpha value is -1.96. The number of para-hydroxylation sites is 1. The molecule has 112 valence electrons. The fourth-order valence-corrected chi connectivity index (χ4v) is 2.77. The number of nitrogens with two attached hydrogens (primary N) is 1. The molecular formula is C19H26N2. The number of anilines is 3. The Bertz CT molecular complexity index is 544. The van der Waals surface area contributed by atoms with Crippen molar-refractivity contribution in [3.05, 3.63) is 54.6 Å². The van der Waals surface area contributed by atoms with Gasteiger partial charge >= 0.3 is 0 Å². The number of rotatable bonds is 6.